The molecule has 0 N–H and O–H groups in total. The lowest BCUT2D eigenvalue weighted by molar-refractivity contribution is -0.0301. The van der Waals surface area contributed by atoms with Gasteiger partial charge in [0, 0.05) is 18.5 Å². The Morgan fingerprint density at radius 3 is 2.92 bits per heavy atom. The van der Waals surface area contributed by atoms with Crippen molar-refractivity contribution in [1.29, 1.82) is 0 Å². The Labute approximate surface area is 78.5 Å². The first-order chi connectivity index (χ1) is 6.03. The number of rotatable bonds is 0. The molecule has 0 amide bonds. The third-order valence-corrected chi connectivity index (χ3v) is 3.26. The highest BCUT2D eigenvalue weighted by atomic mass is 35.5. The molecule has 0 aromatic carbocycles. The quantitative estimate of drug-likeness (QED) is 0.634. The Kier molecular flexibility index (Phi) is 1.13. The van der Waals surface area contributed by atoms with Crippen LogP contribution in [0.15, 0.2) is 0 Å². The maximum absolute atomic E-state index is 13.5. The molecule has 0 bridgehead atoms. The zero-order valence-corrected chi connectivity index (χ0v) is 7.65. The van der Waals surface area contributed by atoms with E-state index in [0.29, 0.717) is 12.0 Å². The van der Waals surface area contributed by atoms with E-state index in [2.05, 4.69) is 5.10 Å². The molecular weight excluding hydrogens is 198 g/mol. The number of hydrogen-bond acceptors (Lipinski definition) is 1. The van der Waals surface area contributed by atoms with Crippen LogP contribution in [0.2, 0.25) is 5.15 Å². The van der Waals surface area contributed by atoms with Crippen molar-refractivity contribution in [3.05, 3.63) is 16.4 Å². The summed E-state index contributed by atoms with van der Waals surface area (Å²) >= 11 is 5.77. The average molecular weight is 205 g/mol. The van der Waals surface area contributed by atoms with Crippen LogP contribution in [-0.4, -0.2) is 9.78 Å². The molecule has 70 valence electrons. The Hall–Kier alpha value is -0.640. The summed E-state index contributed by atoms with van der Waals surface area (Å²) in [6.07, 6.45) is 0.561. The van der Waals surface area contributed by atoms with Crippen molar-refractivity contribution in [1.82, 2.24) is 9.78 Å². The minimum atomic E-state index is -2.71. The fourth-order valence-electron chi connectivity index (χ4n) is 2.32. The van der Waals surface area contributed by atoms with Gasteiger partial charge in [-0.25, -0.2) is 0 Å². The van der Waals surface area contributed by atoms with Gasteiger partial charge in [-0.15, -0.1) is 0 Å². The molecule has 2 atom stereocenters. The summed E-state index contributed by atoms with van der Waals surface area (Å²) < 4.78 is 28.3. The summed E-state index contributed by atoms with van der Waals surface area (Å²) in [5.74, 6) is -3.26. The van der Waals surface area contributed by atoms with E-state index in [1.54, 1.807) is 0 Å². The Bertz CT molecular complexity index is 399. The molecule has 3 rings (SSSR count). The smallest absolute Gasteiger partial charge is 0.265 e. The molecule has 0 saturated heterocycles. The minimum absolute atomic E-state index is 0.0266. The monoisotopic (exact) mass is 204 g/mol. The summed E-state index contributed by atoms with van der Waals surface area (Å²) in [5, 5.41) is 4.06. The predicted octanol–water partition coefficient (Wildman–Crippen LogP) is 2.28. The molecule has 13 heavy (non-hydrogen) atoms. The van der Waals surface area contributed by atoms with Crippen LogP contribution in [0.25, 0.3) is 0 Å². The van der Waals surface area contributed by atoms with E-state index in [1.165, 1.54) is 11.7 Å². The normalized spacial score (nSPS) is 32.9. The van der Waals surface area contributed by atoms with Gasteiger partial charge in [0.15, 0.2) is 5.15 Å². The van der Waals surface area contributed by atoms with Crippen molar-refractivity contribution >= 4 is 11.6 Å². The molecule has 1 heterocycles. The van der Waals surface area contributed by atoms with E-state index >= 15 is 0 Å². The van der Waals surface area contributed by atoms with Gasteiger partial charge in [-0.05, 0) is 12.3 Å². The van der Waals surface area contributed by atoms with Crippen LogP contribution in [0.1, 0.15) is 23.6 Å². The molecule has 1 aromatic rings. The first kappa shape index (κ1) is 7.74. The van der Waals surface area contributed by atoms with Crippen LogP contribution < -0.4 is 0 Å². The van der Waals surface area contributed by atoms with Crippen LogP contribution in [0.3, 0.4) is 0 Å². The minimum Gasteiger partial charge on any atom is -0.265 e. The van der Waals surface area contributed by atoms with Gasteiger partial charge >= 0.3 is 0 Å². The second-order valence-electron chi connectivity index (χ2n) is 3.75. The third kappa shape index (κ3) is 0.713. The van der Waals surface area contributed by atoms with Gasteiger partial charge in [-0.2, -0.15) is 13.9 Å². The van der Waals surface area contributed by atoms with Crippen LogP contribution in [-0.2, 0) is 13.0 Å². The lowest BCUT2D eigenvalue weighted by Gasteiger charge is -2.12. The van der Waals surface area contributed by atoms with Gasteiger partial charge in [0.1, 0.15) is 5.69 Å². The predicted molar refractivity (Wildman–Crippen MR) is 43.0 cm³/mol. The number of fused-ring (bicyclic) bond motifs is 3. The maximum atomic E-state index is 13.5. The van der Waals surface area contributed by atoms with E-state index in [4.69, 9.17) is 11.6 Å². The highest BCUT2D eigenvalue weighted by Gasteiger charge is 2.66. The highest BCUT2D eigenvalue weighted by molar-refractivity contribution is 6.30. The molecular formula is C8H7ClF2N2. The number of alkyl halides is 2. The zero-order valence-electron chi connectivity index (χ0n) is 6.89. The summed E-state index contributed by atoms with van der Waals surface area (Å²) in [7, 11) is 1.52. The SMILES string of the molecule is Cn1nc(Cl)c2c1C(F)(F)[C@@H]1C[C@H]21. The summed E-state index contributed by atoms with van der Waals surface area (Å²) in [6, 6.07) is 0. The second-order valence-corrected chi connectivity index (χ2v) is 4.11. The molecule has 0 aliphatic heterocycles. The van der Waals surface area contributed by atoms with E-state index in [0.717, 1.165) is 0 Å². The number of nitrogens with zero attached hydrogens (tertiary/aromatic N) is 2. The topological polar surface area (TPSA) is 17.8 Å². The van der Waals surface area contributed by atoms with Crippen molar-refractivity contribution in [2.24, 2.45) is 13.0 Å². The Morgan fingerprint density at radius 1 is 1.62 bits per heavy atom. The second kappa shape index (κ2) is 1.90. The highest BCUT2D eigenvalue weighted by Crippen LogP contribution is 2.67. The number of aryl methyl sites for hydroxylation is 1. The van der Waals surface area contributed by atoms with E-state index < -0.39 is 11.8 Å². The number of hydrogen-bond donors (Lipinski definition) is 0. The van der Waals surface area contributed by atoms with Crippen molar-refractivity contribution < 1.29 is 8.78 Å². The lowest BCUT2D eigenvalue weighted by atomic mass is 10.2. The molecule has 5 heteroatoms. The molecule has 1 saturated carbocycles. The van der Waals surface area contributed by atoms with Crippen molar-refractivity contribution in [3.63, 3.8) is 0 Å². The average Bonchev–Trinajstić information content (AvgIpc) is 2.68. The van der Waals surface area contributed by atoms with Gasteiger partial charge in [-0.1, -0.05) is 11.6 Å². The Balaban J connectivity index is 2.31. The molecule has 0 unspecified atom stereocenters. The lowest BCUT2D eigenvalue weighted by Crippen LogP contribution is -2.18. The third-order valence-electron chi connectivity index (χ3n) is 2.98. The maximum Gasteiger partial charge on any atom is 0.293 e. The molecule has 1 fully saturated rings. The van der Waals surface area contributed by atoms with Crippen LogP contribution in [0.4, 0.5) is 8.78 Å². The van der Waals surface area contributed by atoms with E-state index in [-0.39, 0.29) is 16.8 Å². The van der Waals surface area contributed by atoms with Crippen LogP contribution >= 0.6 is 11.6 Å². The van der Waals surface area contributed by atoms with E-state index in [1.807, 2.05) is 0 Å². The van der Waals surface area contributed by atoms with Crippen LogP contribution in [0.5, 0.6) is 0 Å². The Morgan fingerprint density at radius 2 is 2.31 bits per heavy atom. The first-order valence-corrected chi connectivity index (χ1v) is 4.52. The number of aromatic nitrogens is 2. The van der Waals surface area contributed by atoms with Crippen molar-refractivity contribution in [3.8, 4) is 0 Å². The molecule has 1 aromatic heterocycles. The fourth-order valence-corrected chi connectivity index (χ4v) is 2.66. The molecule has 0 spiro atoms. The van der Waals surface area contributed by atoms with Gasteiger partial charge in [-0.3, -0.25) is 4.68 Å². The van der Waals surface area contributed by atoms with Gasteiger partial charge in [0.25, 0.3) is 5.92 Å². The van der Waals surface area contributed by atoms with E-state index in [9.17, 15) is 8.78 Å². The number of halogens is 3. The standard InChI is InChI=1S/C8H7ClF2N2/c1-13-6-5(7(9)12-13)3-2-4(3)8(6,10)11/h3-4H,2H2,1H3/t3-,4+/m0/s1. The van der Waals surface area contributed by atoms with Crippen molar-refractivity contribution in [2.45, 2.75) is 18.3 Å². The molecule has 2 nitrogen and oxygen atoms in total. The summed E-state index contributed by atoms with van der Waals surface area (Å²) in [5.41, 5.74) is 0.609. The molecule has 0 radical (unpaired) electrons. The molecule has 2 aliphatic carbocycles. The zero-order chi connectivity index (χ0) is 9.38. The first-order valence-electron chi connectivity index (χ1n) is 4.14. The van der Waals surface area contributed by atoms with Crippen LogP contribution in [0, 0.1) is 5.92 Å². The largest absolute Gasteiger partial charge is 0.293 e. The summed E-state index contributed by atoms with van der Waals surface area (Å²) in [4.78, 5) is 0. The van der Waals surface area contributed by atoms with Gasteiger partial charge in [0.2, 0.25) is 0 Å². The van der Waals surface area contributed by atoms with Gasteiger partial charge < -0.3 is 0 Å². The molecule has 2 aliphatic rings. The van der Waals surface area contributed by atoms with Crippen molar-refractivity contribution in [2.75, 3.05) is 0 Å². The van der Waals surface area contributed by atoms with Gasteiger partial charge in [0.05, 0.1) is 0 Å². The summed E-state index contributed by atoms with van der Waals surface area (Å²) in [6.45, 7) is 0. The fraction of sp³-hybridized carbons (Fsp3) is 0.625.